The van der Waals surface area contributed by atoms with Crippen LogP contribution in [0.3, 0.4) is 0 Å². The second-order valence-electron chi connectivity index (χ2n) is 5.83. The largest absolute Gasteiger partial charge is 0.417 e. The lowest BCUT2D eigenvalue weighted by molar-refractivity contribution is -0.271. The Kier molecular flexibility index (Phi) is 4.97. The third kappa shape index (κ3) is 3.77. The molecule has 2 N–H and O–H groups in total. The zero-order chi connectivity index (χ0) is 15.7. The van der Waals surface area contributed by atoms with Crippen LogP contribution in [0.15, 0.2) is 0 Å². The van der Waals surface area contributed by atoms with E-state index in [2.05, 4.69) is 5.32 Å². The Morgan fingerprint density at radius 3 is 2.43 bits per heavy atom. The predicted molar refractivity (Wildman–Crippen MR) is 75.3 cm³/mol. The first kappa shape index (κ1) is 16.7. The van der Waals surface area contributed by atoms with E-state index in [-0.39, 0.29) is 25.2 Å². The highest BCUT2D eigenvalue weighted by molar-refractivity contribution is 7.99. The molecule has 1 saturated heterocycles. The highest BCUT2D eigenvalue weighted by atomic mass is 32.2. The number of nitrogens with one attached hydrogen (secondary N) is 1. The van der Waals surface area contributed by atoms with Gasteiger partial charge in [-0.3, -0.25) is 0 Å². The molecule has 0 aromatic heterocycles. The van der Waals surface area contributed by atoms with Crippen molar-refractivity contribution in [2.75, 3.05) is 19.3 Å². The number of rotatable bonds is 2. The van der Waals surface area contributed by atoms with E-state index >= 15 is 0 Å². The summed E-state index contributed by atoms with van der Waals surface area (Å²) in [5.74, 6) is 0. The second kappa shape index (κ2) is 6.24. The minimum atomic E-state index is -4.63. The summed E-state index contributed by atoms with van der Waals surface area (Å²) in [4.78, 5) is 13.4. The highest BCUT2D eigenvalue weighted by Crippen LogP contribution is 2.38. The zero-order valence-electron chi connectivity index (χ0n) is 11.9. The standard InChI is InChI=1S/C13H21F3N2O2S/c1-21-10-3-2-9(8-10)17-11(19)18-6-4-12(20,5-7-18)13(14,15)16/h9-10,20H,2-8H2,1H3,(H,17,19). The summed E-state index contributed by atoms with van der Waals surface area (Å²) in [6.07, 6.45) is -0.626. The lowest BCUT2D eigenvalue weighted by Gasteiger charge is -2.39. The average molecular weight is 326 g/mol. The van der Waals surface area contributed by atoms with E-state index in [1.165, 1.54) is 4.90 Å². The molecule has 21 heavy (non-hydrogen) atoms. The Labute approximate surface area is 126 Å². The number of nitrogens with zero attached hydrogens (tertiary/aromatic N) is 1. The fourth-order valence-corrected chi connectivity index (χ4v) is 3.71. The van der Waals surface area contributed by atoms with Crippen LogP contribution in [0.2, 0.25) is 0 Å². The quantitative estimate of drug-likeness (QED) is 0.819. The smallest absolute Gasteiger partial charge is 0.380 e. The first-order chi connectivity index (χ1) is 9.75. The highest BCUT2D eigenvalue weighted by Gasteiger charge is 2.54. The fraction of sp³-hybridized carbons (Fsp3) is 0.923. The van der Waals surface area contributed by atoms with Crippen LogP contribution in [0.5, 0.6) is 0 Å². The maximum absolute atomic E-state index is 12.7. The van der Waals surface area contributed by atoms with Gasteiger partial charge in [-0.1, -0.05) is 0 Å². The van der Waals surface area contributed by atoms with Gasteiger partial charge < -0.3 is 15.3 Å². The number of likely N-dealkylation sites (tertiary alicyclic amines) is 1. The summed E-state index contributed by atoms with van der Waals surface area (Å²) in [7, 11) is 0. The molecule has 2 fully saturated rings. The minimum absolute atomic E-state index is 0.0689. The molecule has 2 unspecified atom stereocenters. The van der Waals surface area contributed by atoms with Crippen molar-refractivity contribution in [3.05, 3.63) is 0 Å². The van der Waals surface area contributed by atoms with Crippen LogP contribution < -0.4 is 5.32 Å². The van der Waals surface area contributed by atoms with Crippen molar-refractivity contribution in [1.29, 1.82) is 0 Å². The topological polar surface area (TPSA) is 52.6 Å². The molecule has 8 heteroatoms. The maximum Gasteiger partial charge on any atom is 0.417 e. The number of piperidine rings is 1. The number of amides is 2. The van der Waals surface area contributed by atoms with Crippen molar-refractivity contribution in [3.63, 3.8) is 0 Å². The Morgan fingerprint density at radius 2 is 1.95 bits per heavy atom. The molecule has 1 heterocycles. The molecule has 122 valence electrons. The summed E-state index contributed by atoms with van der Waals surface area (Å²) >= 11 is 1.78. The molecular weight excluding hydrogens is 305 g/mol. The van der Waals surface area contributed by atoms with Crippen molar-refractivity contribution in [1.82, 2.24) is 10.2 Å². The number of alkyl halides is 3. The van der Waals surface area contributed by atoms with Crippen LogP contribution in [-0.4, -0.2) is 58.5 Å². The van der Waals surface area contributed by atoms with Gasteiger partial charge in [0.2, 0.25) is 0 Å². The average Bonchev–Trinajstić information content (AvgIpc) is 2.86. The Hall–Kier alpha value is -0.630. The third-order valence-electron chi connectivity index (χ3n) is 4.45. The SMILES string of the molecule is CSC1CCC(NC(=O)N2CCC(O)(C(F)(F)F)CC2)C1. The Balaban J connectivity index is 1.81. The van der Waals surface area contributed by atoms with Gasteiger partial charge in [-0.2, -0.15) is 24.9 Å². The van der Waals surface area contributed by atoms with E-state index in [4.69, 9.17) is 0 Å². The second-order valence-corrected chi connectivity index (χ2v) is 6.97. The number of thioether (sulfide) groups is 1. The van der Waals surface area contributed by atoms with E-state index in [9.17, 15) is 23.1 Å². The van der Waals surface area contributed by atoms with Gasteiger partial charge in [0.1, 0.15) is 0 Å². The van der Waals surface area contributed by atoms with E-state index in [1.54, 1.807) is 11.8 Å². The predicted octanol–water partition coefficient (Wildman–Crippen LogP) is 2.37. The van der Waals surface area contributed by atoms with Crippen LogP contribution in [0.4, 0.5) is 18.0 Å². The van der Waals surface area contributed by atoms with Crippen LogP contribution in [0.1, 0.15) is 32.1 Å². The number of aliphatic hydroxyl groups is 1. The van der Waals surface area contributed by atoms with Crippen LogP contribution in [0, 0.1) is 0 Å². The maximum atomic E-state index is 12.7. The normalized spacial score (nSPS) is 29.5. The van der Waals surface area contributed by atoms with Crippen LogP contribution >= 0.6 is 11.8 Å². The van der Waals surface area contributed by atoms with Crippen molar-refractivity contribution in [2.24, 2.45) is 0 Å². The Bertz CT molecular complexity index is 384. The van der Waals surface area contributed by atoms with E-state index in [1.807, 2.05) is 6.26 Å². The summed E-state index contributed by atoms with van der Waals surface area (Å²) in [6.45, 7) is -0.138. The summed E-state index contributed by atoms with van der Waals surface area (Å²) in [6, 6.07) is -0.204. The molecule has 0 aromatic rings. The molecule has 1 saturated carbocycles. The first-order valence-corrected chi connectivity index (χ1v) is 8.41. The first-order valence-electron chi connectivity index (χ1n) is 7.12. The molecule has 2 aliphatic rings. The number of hydrogen-bond acceptors (Lipinski definition) is 3. The van der Waals surface area contributed by atoms with Gasteiger partial charge in [0.15, 0.2) is 5.60 Å². The summed E-state index contributed by atoms with van der Waals surface area (Å²) in [5.41, 5.74) is -2.65. The lowest BCUT2D eigenvalue weighted by atomic mass is 9.91. The number of carbonyl (C=O) groups excluding carboxylic acids is 1. The molecule has 1 aliphatic heterocycles. The lowest BCUT2D eigenvalue weighted by Crippen LogP contribution is -2.56. The molecule has 1 aliphatic carbocycles. The molecule has 2 atom stereocenters. The number of urea groups is 1. The van der Waals surface area contributed by atoms with Gasteiger partial charge in [0.25, 0.3) is 0 Å². The van der Waals surface area contributed by atoms with E-state index < -0.39 is 24.6 Å². The molecule has 0 radical (unpaired) electrons. The fourth-order valence-electron chi connectivity index (χ4n) is 2.91. The van der Waals surface area contributed by atoms with Gasteiger partial charge in [-0.25, -0.2) is 4.79 Å². The van der Waals surface area contributed by atoms with Crippen molar-refractivity contribution in [3.8, 4) is 0 Å². The molecule has 4 nitrogen and oxygen atoms in total. The van der Waals surface area contributed by atoms with Crippen molar-refractivity contribution >= 4 is 17.8 Å². The van der Waals surface area contributed by atoms with Gasteiger partial charge in [0, 0.05) is 37.2 Å². The molecule has 0 aromatic carbocycles. The van der Waals surface area contributed by atoms with E-state index in [0.29, 0.717) is 5.25 Å². The van der Waals surface area contributed by atoms with E-state index in [0.717, 1.165) is 19.3 Å². The summed E-state index contributed by atoms with van der Waals surface area (Å²) < 4.78 is 38.1. The van der Waals surface area contributed by atoms with Gasteiger partial charge in [-0.15, -0.1) is 0 Å². The molecule has 2 amide bonds. The van der Waals surface area contributed by atoms with Gasteiger partial charge in [0.05, 0.1) is 0 Å². The Morgan fingerprint density at radius 1 is 1.33 bits per heavy atom. The van der Waals surface area contributed by atoms with Crippen molar-refractivity contribution < 1.29 is 23.1 Å². The number of hydrogen-bond donors (Lipinski definition) is 2. The van der Waals surface area contributed by atoms with Crippen molar-refractivity contribution in [2.45, 2.75) is 55.2 Å². The van der Waals surface area contributed by atoms with Crippen LogP contribution in [-0.2, 0) is 0 Å². The van der Waals surface area contributed by atoms with Crippen LogP contribution in [0.25, 0.3) is 0 Å². The molecular formula is C13H21F3N2O2S. The molecule has 0 bridgehead atoms. The van der Waals surface area contributed by atoms with Gasteiger partial charge in [-0.05, 0) is 25.5 Å². The summed E-state index contributed by atoms with van der Waals surface area (Å²) in [5, 5.41) is 13.0. The minimum Gasteiger partial charge on any atom is -0.380 e. The zero-order valence-corrected chi connectivity index (χ0v) is 12.8. The third-order valence-corrected chi connectivity index (χ3v) is 5.55. The molecule has 0 spiro atoms. The molecule has 2 rings (SSSR count). The monoisotopic (exact) mass is 326 g/mol. The van der Waals surface area contributed by atoms with Gasteiger partial charge >= 0.3 is 12.2 Å². The number of carbonyl (C=O) groups is 1. The number of halogens is 3.